The van der Waals surface area contributed by atoms with Gasteiger partial charge in [-0.25, -0.2) is 0 Å². The van der Waals surface area contributed by atoms with Crippen molar-refractivity contribution in [3.63, 3.8) is 0 Å². The molecule has 3 rings (SSSR count). The normalized spacial score (nSPS) is 10.4. The second kappa shape index (κ2) is 13.0. The highest BCUT2D eigenvalue weighted by molar-refractivity contribution is 5.76. The first-order chi connectivity index (χ1) is 16.6. The van der Waals surface area contributed by atoms with Crippen LogP contribution in [0.1, 0.15) is 35.1 Å². The number of carbonyl (C=O) groups is 2. The molecule has 0 heterocycles. The standard InChI is InChI=1S/C28H32N2O4/c1-33-25-13-7-21(8-14-25)11-17-27(31)29-19-23-3-5-24(6-4-23)20-30-28(32)18-12-22-9-15-26(34-2)16-10-22/h3-10,13-16H,11-12,17-20H2,1-2H3,(H,29,31)(H,30,32). The molecule has 0 aliphatic rings. The average Bonchev–Trinajstić information content (AvgIpc) is 2.89. The Hall–Kier alpha value is -3.80. The molecule has 3 aromatic rings. The first-order valence-electron chi connectivity index (χ1n) is 11.4. The summed E-state index contributed by atoms with van der Waals surface area (Å²) in [6.45, 7) is 0.964. The van der Waals surface area contributed by atoms with Gasteiger partial charge in [0.25, 0.3) is 0 Å². The van der Waals surface area contributed by atoms with Crippen molar-refractivity contribution in [3.05, 3.63) is 95.1 Å². The molecule has 3 aromatic carbocycles. The van der Waals surface area contributed by atoms with E-state index < -0.39 is 0 Å². The molecule has 0 bridgehead atoms. The van der Waals surface area contributed by atoms with Gasteiger partial charge >= 0.3 is 0 Å². The summed E-state index contributed by atoms with van der Waals surface area (Å²) < 4.78 is 10.3. The van der Waals surface area contributed by atoms with Crippen molar-refractivity contribution < 1.29 is 19.1 Å². The van der Waals surface area contributed by atoms with E-state index in [1.165, 1.54) is 0 Å². The zero-order valence-electron chi connectivity index (χ0n) is 19.8. The summed E-state index contributed by atoms with van der Waals surface area (Å²) in [5, 5.41) is 5.92. The van der Waals surface area contributed by atoms with E-state index in [4.69, 9.17) is 9.47 Å². The van der Waals surface area contributed by atoms with Crippen LogP contribution in [0.3, 0.4) is 0 Å². The van der Waals surface area contributed by atoms with Crippen molar-refractivity contribution in [1.29, 1.82) is 0 Å². The third-order valence-corrected chi connectivity index (χ3v) is 5.60. The number of rotatable bonds is 12. The zero-order valence-corrected chi connectivity index (χ0v) is 19.8. The lowest BCUT2D eigenvalue weighted by atomic mass is 10.1. The SMILES string of the molecule is COc1ccc(CCC(=O)NCc2ccc(CNC(=O)CCc3ccc(OC)cc3)cc2)cc1. The van der Waals surface area contributed by atoms with Gasteiger partial charge in [0.2, 0.25) is 11.8 Å². The maximum absolute atomic E-state index is 12.2. The highest BCUT2D eigenvalue weighted by Crippen LogP contribution is 2.14. The Morgan fingerprint density at radius 2 is 0.882 bits per heavy atom. The molecular weight excluding hydrogens is 428 g/mol. The first kappa shape index (κ1) is 24.8. The number of methoxy groups -OCH3 is 2. The van der Waals surface area contributed by atoms with E-state index in [0.29, 0.717) is 38.8 Å². The minimum atomic E-state index is 0.0176. The van der Waals surface area contributed by atoms with E-state index >= 15 is 0 Å². The number of carbonyl (C=O) groups excluding carboxylic acids is 2. The third-order valence-electron chi connectivity index (χ3n) is 5.60. The molecule has 0 radical (unpaired) electrons. The van der Waals surface area contributed by atoms with Crippen LogP contribution >= 0.6 is 0 Å². The fraction of sp³-hybridized carbons (Fsp3) is 0.286. The molecule has 34 heavy (non-hydrogen) atoms. The van der Waals surface area contributed by atoms with Crippen molar-refractivity contribution in [2.24, 2.45) is 0 Å². The van der Waals surface area contributed by atoms with Crippen LogP contribution in [0.25, 0.3) is 0 Å². The van der Waals surface area contributed by atoms with Crippen LogP contribution in [0.2, 0.25) is 0 Å². The van der Waals surface area contributed by atoms with Gasteiger partial charge in [0.05, 0.1) is 14.2 Å². The number of nitrogens with one attached hydrogen (secondary N) is 2. The summed E-state index contributed by atoms with van der Waals surface area (Å²) in [6.07, 6.45) is 2.25. The van der Waals surface area contributed by atoms with Crippen LogP contribution in [0.4, 0.5) is 0 Å². The number of hydrogen-bond donors (Lipinski definition) is 2. The lowest BCUT2D eigenvalue weighted by molar-refractivity contribution is -0.122. The van der Waals surface area contributed by atoms with E-state index in [9.17, 15) is 9.59 Å². The molecule has 6 heteroatoms. The van der Waals surface area contributed by atoms with Crippen molar-refractivity contribution in [2.45, 2.75) is 38.8 Å². The molecule has 2 N–H and O–H groups in total. The average molecular weight is 461 g/mol. The van der Waals surface area contributed by atoms with E-state index in [1.807, 2.05) is 72.8 Å². The fourth-order valence-corrected chi connectivity index (χ4v) is 3.45. The molecule has 0 fully saturated rings. The van der Waals surface area contributed by atoms with Crippen LogP contribution in [0.5, 0.6) is 11.5 Å². The Labute approximate surface area is 201 Å². The number of ether oxygens (including phenoxy) is 2. The molecule has 0 aromatic heterocycles. The summed E-state index contributed by atoms with van der Waals surface area (Å²) >= 11 is 0. The van der Waals surface area contributed by atoms with Crippen LogP contribution in [0, 0.1) is 0 Å². The number of amides is 2. The van der Waals surface area contributed by atoms with Crippen LogP contribution < -0.4 is 20.1 Å². The first-order valence-corrected chi connectivity index (χ1v) is 11.4. The van der Waals surface area contributed by atoms with Crippen LogP contribution in [0.15, 0.2) is 72.8 Å². The van der Waals surface area contributed by atoms with Crippen molar-refractivity contribution in [1.82, 2.24) is 10.6 Å². The second-order valence-electron chi connectivity index (χ2n) is 8.07. The van der Waals surface area contributed by atoms with E-state index in [-0.39, 0.29) is 11.8 Å². The summed E-state index contributed by atoms with van der Waals surface area (Å²) in [6, 6.07) is 23.4. The molecule has 0 unspecified atom stereocenters. The maximum atomic E-state index is 12.2. The van der Waals surface area contributed by atoms with Crippen molar-refractivity contribution in [3.8, 4) is 11.5 Å². The Morgan fingerprint density at radius 1 is 0.559 bits per heavy atom. The van der Waals surface area contributed by atoms with Gasteiger partial charge in [-0.2, -0.15) is 0 Å². The van der Waals surface area contributed by atoms with E-state index in [2.05, 4.69) is 10.6 Å². The molecule has 0 saturated heterocycles. The Morgan fingerprint density at radius 3 is 1.21 bits per heavy atom. The highest BCUT2D eigenvalue weighted by atomic mass is 16.5. The molecule has 178 valence electrons. The maximum Gasteiger partial charge on any atom is 0.220 e. The van der Waals surface area contributed by atoms with Gasteiger partial charge < -0.3 is 20.1 Å². The number of hydrogen-bond acceptors (Lipinski definition) is 4. The minimum absolute atomic E-state index is 0.0176. The van der Waals surface area contributed by atoms with Gasteiger partial charge in [0.15, 0.2) is 0 Å². The largest absolute Gasteiger partial charge is 0.497 e. The van der Waals surface area contributed by atoms with E-state index in [0.717, 1.165) is 33.8 Å². The molecule has 6 nitrogen and oxygen atoms in total. The molecule has 0 saturated carbocycles. The predicted octanol–water partition coefficient (Wildman–Crippen LogP) is 4.20. The number of benzene rings is 3. The molecule has 2 amide bonds. The third kappa shape index (κ3) is 8.28. The van der Waals surface area contributed by atoms with Gasteiger partial charge in [-0.3, -0.25) is 9.59 Å². The van der Waals surface area contributed by atoms with Crippen molar-refractivity contribution >= 4 is 11.8 Å². The quantitative estimate of drug-likeness (QED) is 0.425. The summed E-state index contributed by atoms with van der Waals surface area (Å²) in [4.78, 5) is 24.3. The molecule has 0 aliphatic heterocycles. The van der Waals surface area contributed by atoms with Crippen LogP contribution in [-0.4, -0.2) is 26.0 Å². The lowest BCUT2D eigenvalue weighted by Gasteiger charge is -2.09. The number of aryl methyl sites for hydroxylation is 2. The summed E-state index contributed by atoms with van der Waals surface area (Å²) in [7, 11) is 3.27. The van der Waals surface area contributed by atoms with Crippen LogP contribution in [-0.2, 0) is 35.5 Å². The van der Waals surface area contributed by atoms with Crippen molar-refractivity contribution in [2.75, 3.05) is 14.2 Å². The van der Waals surface area contributed by atoms with Gasteiger partial charge in [0, 0.05) is 25.9 Å². The fourth-order valence-electron chi connectivity index (χ4n) is 3.45. The molecule has 0 atom stereocenters. The molecular formula is C28H32N2O4. The minimum Gasteiger partial charge on any atom is -0.497 e. The predicted molar refractivity (Wildman–Crippen MR) is 133 cm³/mol. The smallest absolute Gasteiger partial charge is 0.220 e. The topological polar surface area (TPSA) is 76.7 Å². The zero-order chi connectivity index (χ0) is 24.2. The van der Waals surface area contributed by atoms with Gasteiger partial charge in [-0.1, -0.05) is 48.5 Å². The lowest BCUT2D eigenvalue weighted by Crippen LogP contribution is -2.23. The Bertz CT molecular complexity index is 959. The Kier molecular flexibility index (Phi) is 9.52. The summed E-state index contributed by atoms with van der Waals surface area (Å²) in [5.41, 5.74) is 4.25. The highest BCUT2D eigenvalue weighted by Gasteiger charge is 2.05. The Balaban J connectivity index is 1.33. The van der Waals surface area contributed by atoms with Gasteiger partial charge in [-0.05, 0) is 59.4 Å². The van der Waals surface area contributed by atoms with E-state index in [1.54, 1.807) is 14.2 Å². The second-order valence-corrected chi connectivity index (χ2v) is 8.07. The van der Waals surface area contributed by atoms with Gasteiger partial charge in [0.1, 0.15) is 11.5 Å². The monoisotopic (exact) mass is 460 g/mol. The molecule has 0 spiro atoms. The summed E-state index contributed by atoms with van der Waals surface area (Å²) in [5.74, 6) is 1.66. The molecule has 0 aliphatic carbocycles. The van der Waals surface area contributed by atoms with Gasteiger partial charge in [-0.15, -0.1) is 0 Å².